The van der Waals surface area contributed by atoms with E-state index in [4.69, 9.17) is 4.98 Å². The molecule has 0 bridgehead atoms. The normalized spacial score (nSPS) is 22.2. The van der Waals surface area contributed by atoms with Crippen molar-refractivity contribution >= 4 is 47.1 Å². The predicted molar refractivity (Wildman–Crippen MR) is 111 cm³/mol. The van der Waals surface area contributed by atoms with Gasteiger partial charge in [-0.05, 0) is 25.3 Å². The van der Waals surface area contributed by atoms with Crippen LogP contribution in [0, 0.1) is 0 Å². The first-order valence-corrected chi connectivity index (χ1v) is 10.5. The zero-order chi connectivity index (χ0) is 20.8. The molecule has 3 aliphatic rings. The third kappa shape index (κ3) is 3.41. The van der Waals surface area contributed by atoms with E-state index in [-0.39, 0.29) is 16.9 Å². The second-order valence-electron chi connectivity index (χ2n) is 7.28. The molecule has 0 spiro atoms. The van der Waals surface area contributed by atoms with Crippen molar-refractivity contribution in [1.82, 2.24) is 30.5 Å². The van der Waals surface area contributed by atoms with Gasteiger partial charge in [-0.3, -0.25) is 14.9 Å². The molecule has 1 aliphatic carbocycles. The molecule has 4 amide bonds. The second-order valence-corrected chi connectivity index (χ2v) is 8.52. The number of rotatable bonds is 5. The number of urea groups is 1. The number of carbonyl (C=O) groups is 3. The molecule has 0 radical (unpaired) electrons. The van der Waals surface area contributed by atoms with E-state index in [0.29, 0.717) is 28.6 Å². The van der Waals surface area contributed by atoms with E-state index in [1.165, 1.54) is 11.8 Å². The highest BCUT2D eigenvalue weighted by molar-refractivity contribution is 8.04. The van der Waals surface area contributed by atoms with Crippen LogP contribution in [-0.2, 0) is 9.59 Å². The smallest absolute Gasteiger partial charge is 0.326 e. The van der Waals surface area contributed by atoms with Gasteiger partial charge >= 0.3 is 6.03 Å². The summed E-state index contributed by atoms with van der Waals surface area (Å²) in [5.41, 5.74) is 2.17. The topological polar surface area (TPSA) is 130 Å². The molecule has 4 heterocycles. The van der Waals surface area contributed by atoms with Crippen LogP contribution in [0.5, 0.6) is 0 Å². The zero-order valence-electron chi connectivity index (χ0n) is 16.1. The Balaban J connectivity index is 1.53. The molecule has 10 nitrogen and oxygen atoms in total. The fraction of sp³-hybridized carbons (Fsp3) is 0.316. The van der Waals surface area contributed by atoms with Crippen molar-refractivity contribution in [1.29, 1.82) is 0 Å². The van der Waals surface area contributed by atoms with Crippen LogP contribution in [0.25, 0.3) is 11.7 Å². The third-order valence-electron chi connectivity index (χ3n) is 5.04. The molecular weight excluding hydrogens is 406 g/mol. The molecule has 1 unspecified atom stereocenters. The number of nitrogens with one attached hydrogen (secondary N) is 4. The van der Waals surface area contributed by atoms with Gasteiger partial charge in [0.25, 0.3) is 11.8 Å². The lowest BCUT2D eigenvalue weighted by molar-refractivity contribution is -0.116. The number of amides is 4. The number of likely N-dealkylation sites (N-methyl/N-ethyl adjacent to an activating group) is 1. The van der Waals surface area contributed by atoms with E-state index in [0.717, 1.165) is 24.4 Å². The molecule has 1 saturated carbocycles. The molecular formula is C19H19N7O3S. The number of hydrogen-bond donors (Lipinski definition) is 4. The zero-order valence-corrected chi connectivity index (χ0v) is 16.9. The number of anilines is 1. The lowest BCUT2D eigenvalue weighted by atomic mass is 10.2. The highest BCUT2D eigenvalue weighted by atomic mass is 32.2. The molecule has 0 aromatic carbocycles. The van der Waals surface area contributed by atoms with Crippen LogP contribution in [0.4, 0.5) is 10.6 Å². The number of carbonyl (C=O) groups excluding carboxylic acids is 3. The molecule has 11 heteroatoms. The molecule has 1 saturated heterocycles. The maximum atomic E-state index is 12.0. The molecule has 2 aliphatic heterocycles. The highest BCUT2D eigenvalue weighted by Crippen LogP contribution is 2.44. The minimum absolute atomic E-state index is 0.00642. The lowest BCUT2D eigenvalue weighted by Crippen LogP contribution is -2.22. The largest absolute Gasteiger partial charge is 0.367 e. The fourth-order valence-corrected chi connectivity index (χ4v) is 4.50. The van der Waals surface area contributed by atoms with Crippen LogP contribution in [0.15, 0.2) is 28.9 Å². The number of imide groups is 1. The summed E-state index contributed by atoms with van der Waals surface area (Å²) >= 11 is 1.48. The molecule has 2 aromatic rings. The van der Waals surface area contributed by atoms with Crippen LogP contribution >= 0.6 is 11.8 Å². The molecule has 4 N–H and O–H groups in total. The van der Waals surface area contributed by atoms with Crippen molar-refractivity contribution in [3.05, 3.63) is 40.2 Å². The van der Waals surface area contributed by atoms with Crippen molar-refractivity contribution in [2.24, 2.45) is 0 Å². The average Bonchev–Trinajstić information content (AvgIpc) is 3.12. The van der Waals surface area contributed by atoms with E-state index in [1.807, 2.05) is 12.1 Å². The summed E-state index contributed by atoms with van der Waals surface area (Å²) in [5.74, 6) is 0.228. The van der Waals surface area contributed by atoms with Crippen molar-refractivity contribution in [2.75, 3.05) is 12.4 Å². The standard InChI is InChI=1S/C19H19N7O3S/c1-20-18(28)14-5-4-13(30-14)11-7-15(22-10-2-3-10)26-16(23-11)9(8-21-26)6-12-17(27)25-19(29)24-12/h5-8,10,13,22H,2-4H2,1H3,(H,20,28)(H2,24,25,27,29)/b12-6-. The van der Waals surface area contributed by atoms with Gasteiger partial charge in [-0.2, -0.15) is 9.61 Å². The summed E-state index contributed by atoms with van der Waals surface area (Å²) in [7, 11) is 1.61. The lowest BCUT2D eigenvalue weighted by Gasteiger charge is -2.14. The number of aromatic nitrogens is 3. The van der Waals surface area contributed by atoms with Crippen LogP contribution in [0.1, 0.15) is 35.8 Å². The van der Waals surface area contributed by atoms with Gasteiger partial charge in [0.05, 0.1) is 22.0 Å². The monoisotopic (exact) mass is 425 g/mol. The van der Waals surface area contributed by atoms with Crippen LogP contribution in [0.3, 0.4) is 0 Å². The second kappa shape index (κ2) is 7.17. The Bertz CT molecular complexity index is 1150. The predicted octanol–water partition coefficient (Wildman–Crippen LogP) is 1.29. The Labute approximate surface area is 175 Å². The first kappa shape index (κ1) is 18.7. The van der Waals surface area contributed by atoms with Gasteiger partial charge in [-0.25, -0.2) is 9.78 Å². The van der Waals surface area contributed by atoms with Crippen molar-refractivity contribution in [3.63, 3.8) is 0 Å². The summed E-state index contributed by atoms with van der Waals surface area (Å²) in [4.78, 5) is 40.7. The molecule has 5 rings (SSSR count). The first-order valence-electron chi connectivity index (χ1n) is 9.60. The maximum absolute atomic E-state index is 12.0. The Kier molecular flexibility index (Phi) is 4.46. The summed E-state index contributed by atoms with van der Waals surface area (Å²) in [6.07, 6.45) is 8.00. The van der Waals surface area contributed by atoms with Gasteiger partial charge in [-0.15, -0.1) is 11.8 Å². The van der Waals surface area contributed by atoms with Gasteiger partial charge in [0.1, 0.15) is 11.5 Å². The van der Waals surface area contributed by atoms with E-state index in [2.05, 4.69) is 26.4 Å². The average molecular weight is 425 g/mol. The first-order chi connectivity index (χ1) is 14.5. The Morgan fingerprint density at radius 2 is 2.17 bits per heavy atom. The van der Waals surface area contributed by atoms with Gasteiger partial charge in [0, 0.05) is 24.7 Å². The molecule has 30 heavy (non-hydrogen) atoms. The van der Waals surface area contributed by atoms with E-state index < -0.39 is 11.9 Å². The quantitative estimate of drug-likeness (QED) is 0.420. The Morgan fingerprint density at radius 3 is 2.87 bits per heavy atom. The Morgan fingerprint density at radius 1 is 1.33 bits per heavy atom. The summed E-state index contributed by atoms with van der Waals surface area (Å²) < 4.78 is 1.70. The summed E-state index contributed by atoms with van der Waals surface area (Å²) in [5, 5.41) is 15.2. The van der Waals surface area contributed by atoms with E-state index in [9.17, 15) is 14.4 Å². The molecule has 1 atom stereocenters. The number of allylic oxidation sites excluding steroid dienone is 1. The van der Waals surface area contributed by atoms with E-state index >= 15 is 0 Å². The number of thioether (sulfide) groups is 1. The molecule has 2 aromatic heterocycles. The van der Waals surface area contributed by atoms with Gasteiger partial charge in [0.15, 0.2) is 5.65 Å². The Hall–Kier alpha value is -3.34. The minimum Gasteiger partial charge on any atom is -0.367 e. The van der Waals surface area contributed by atoms with E-state index in [1.54, 1.807) is 23.8 Å². The fourth-order valence-electron chi connectivity index (χ4n) is 3.36. The van der Waals surface area contributed by atoms with Gasteiger partial charge in [0.2, 0.25) is 0 Å². The molecule has 2 fully saturated rings. The van der Waals surface area contributed by atoms with Crippen LogP contribution in [0.2, 0.25) is 0 Å². The van der Waals surface area contributed by atoms with Crippen molar-refractivity contribution in [3.8, 4) is 0 Å². The highest BCUT2D eigenvalue weighted by Gasteiger charge is 2.28. The van der Waals surface area contributed by atoms with Crippen LogP contribution < -0.4 is 21.3 Å². The van der Waals surface area contributed by atoms with Gasteiger partial charge < -0.3 is 16.0 Å². The summed E-state index contributed by atoms with van der Waals surface area (Å²) in [6, 6.07) is 1.82. The SMILES string of the molecule is CNC(=O)C1=CCC(c2cc(NC3CC3)n3ncc(/C=C4\NC(=O)NC4=O)c3n2)S1. The molecule has 154 valence electrons. The maximum Gasteiger partial charge on any atom is 0.326 e. The van der Waals surface area contributed by atoms with Crippen molar-refractivity contribution in [2.45, 2.75) is 30.6 Å². The van der Waals surface area contributed by atoms with Gasteiger partial charge in [-0.1, -0.05) is 6.08 Å². The van der Waals surface area contributed by atoms with Crippen molar-refractivity contribution < 1.29 is 14.4 Å². The number of nitrogens with zero attached hydrogens (tertiary/aromatic N) is 3. The number of fused-ring (bicyclic) bond motifs is 1. The van der Waals surface area contributed by atoms with Crippen LogP contribution in [-0.4, -0.2) is 45.5 Å². The number of hydrogen-bond acceptors (Lipinski definition) is 7. The summed E-state index contributed by atoms with van der Waals surface area (Å²) in [6.45, 7) is 0. The minimum atomic E-state index is -0.553. The third-order valence-corrected chi connectivity index (χ3v) is 6.36.